The summed E-state index contributed by atoms with van der Waals surface area (Å²) in [5.74, 6) is 0.858. The Morgan fingerprint density at radius 2 is 1.69 bits per heavy atom. The molecule has 2 aromatic carbocycles. The Labute approximate surface area is 156 Å². The van der Waals surface area contributed by atoms with Crippen LogP contribution in [0.1, 0.15) is 24.5 Å². The van der Waals surface area contributed by atoms with Crippen molar-refractivity contribution in [2.45, 2.75) is 25.9 Å². The second-order valence-electron chi connectivity index (χ2n) is 5.64. The molecule has 0 aliphatic rings. The molecule has 0 radical (unpaired) electrons. The van der Waals surface area contributed by atoms with Crippen molar-refractivity contribution >= 4 is 23.0 Å². The summed E-state index contributed by atoms with van der Waals surface area (Å²) in [7, 11) is 0. The highest BCUT2D eigenvalue weighted by Crippen LogP contribution is 2.29. The zero-order valence-electron chi connectivity index (χ0n) is 14.4. The Kier molecular flexibility index (Phi) is 7.26. The maximum atomic E-state index is 12.5. The highest BCUT2D eigenvalue weighted by Gasteiger charge is 2.29. The summed E-state index contributed by atoms with van der Waals surface area (Å²) >= 11 is 5.16. The minimum Gasteiger partial charge on any atom is -0.494 e. The number of hydrogen-bond acceptors (Lipinski definition) is 2. The average Bonchev–Trinajstić information content (AvgIpc) is 2.60. The fourth-order valence-corrected chi connectivity index (χ4v) is 2.55. The summed E-state index contributed by atoms with van der Waals surface area (Å²) in [5, 5.41) is 6.31. The highest BCUT2D eigenvalue weighted by molar-refractivity contribution is 7.80. The average molecular weight is 382 g/mol. The summed E-state index contributed by atoms with van der Waals surface area (Å²) < 4.78 is 43.0. The van der Waals surface area contributed by atoms with E-state index in [-0.39, 0.29) is 0 Å². The molecule has 0 saturated carbocycles. The molecule has 0 bridgehead atoms. The number of ether oxygens (including phenoxy) is 1. The van der Waals surface area contributed by atoms with E-state index in [2.05, 4.69) is 10.6 Å². The van der Waals surface area contributed by atoms with Gasteiger partial charge in [0.15, 0.2) is 5.11 Å². The SMILES string of the molecule is CCOc1ccc(CCCNC(=S)Nc2ccc(C(F)(F)F)cc2)cc1. The maximum absolute atomic E-state index is 12.5. The second kappa shape index (κ2) is 9.43. The lowest BCUT2D eigenvalue weighted by atomic mass is 10.1. The molecule has 0 amide bonds. The van der Waals surface area contributed by atoms with Gasteiger partial charge >= 0.3 is 6.18 Å². The lowest BCUT2D eigenvalue weighted by Crippen LogP contribution is -2.29. The van der Waals surface area contributed by atoms with E-state index in [1.54, 1.807) is 0 Å². The van der Waals surface area contributed by atoms with Gasteiger partial charge in [-0.25, -0.2) is 0 Å². The van der Waals surface area contributed by atoms with Crippen LogP contribution in [0.3, 0.4) is 0 Å². The zero-order valence-corrected chi connectivity index (χ0v) is 15.2. The van der Waals surface area contributed by atoms with Gasteiger partial charge in [-0.2, -0.15) is 13.2 Å². The van der Waals surface area contributed by atoms with E-state index in [1.165, 1.54) is 17.7 Å². The van der Waals surface area contributed by atoms with E-state index in [4.69, 9.17) is 17.0 Å². The van der Waals surface area contributed by atoms with Crippen LogP contribution in [0.5, 0.6) is 5.75 Å². The van der Waals surface area contributed by atoms with Gasteiger partial charge in [-0.15, -0.1) is 0 Å². The molecule has 0 aliphatic heterocycles. The van der Waals surface area contributed by atoms with E-state index >= 15 is 0 Å². The van der Waals surface area contributed by atoms with Crippen LogP contribution in [0, 0.1) is 0 Å². The van der Waals surface area contributed by atoms with E-state index in [1.807, 2.05) is 31.2 Å². The first-order valence-corrected chi connectivity index (χ1v) is 8.73. The third kappa shape index (κ3) is 6.55. The Bertz CT molecular complexity index is 700. The molecular weight excluding hydrogens is 361 g/mol. The first kappa shape index (κ1) is 20.0. The van der Waals surface area contributed by atoms with E-state index in [0.29, 0.717) is 24.0 Å². The van der Waals surface area contributed by atoms with Crippen LogP contribution in [-0.4, -0.2) is 18.3 Å². The summed E-state index contributed by atoms with van der Waals surface area (Å²) in [6, 6.07) is 12.7. The van der Waals surface area contributed by atoms with Crippen molar-refractivity contribution in [3.05, 3.63) is 59.7 Å². The van der Waals surface area contributed by atoms with Crippen molar-refractivity contribution in [1.29, 1.82) is 0 Å². The summed E-state index contributed by atoms with van der Waals surface area (Å²) in [6.45, 7) is 3.26. The molecule has 0 atom stereocenters. The number of thiocarbonyl (C=S) groups is 1. The van der Waals surface area contributed by atoms with Gasteiger partial charge in [-0.3, -0.25) is 0 Å². The van der Waals surface area contributed by atoms with E-state index in [9.17, 15) is 13.2 Å². The van der Waals surface area contributed by atoms with Crippen LogP contribution in [0.15, 0.2) is 48.5 Å². The first-order valence-electron chi connectivity index (χ1n) is 8.32. The number of rotatable bonds is 7. The molecule has 0 heterocycles. The number of benzene rings is 2. The molecule has 0 spiro atoms. The molecule has 0 unspecified atom stereocenters. The predicted octanol–water partition coefficient (Wildman–Crippen LogP) is 5.02. The zero-order chi connectivity index (χ0) is 19.0. The summed E-state index contributed by atoms with van der Waals surface area (Å²) in [6.07, 6.45) is -2.57. The molecule has 0 aromatic heterocycles. The van der Waals surface area contributed by atoms with Gasteiger partial charge in [0, 0.05) is 12.2 Å². The largest absolute Gasteiger partial charge is 0.494 e. The molecule has 3 nitrogen and oxygen atoms in total. The Morgan fingerprint density at radius 3 is 2.27 bits per heavy atom. The number of aryl methyl sites for hydroxylation is 1. The van der Waals surface area contributed by atoms with E-state index < -0.39 is 11.7 Å². The molecule has 2 rings (SSSR count). The number of anilines is 1. The molecule has 2 N–H and O–H groups in total. The van der Waals surface area contributed by atoms with Gasteiger partial charge in [0.25, 0.3) is 0 Å². The van der Waals surface area contributed by atoms with Crippen LogP contribution in [0.25, 0.3) is 0 Å². The minimum atomic E-state index is -4.34. The summed E-state index contributed by atoms with van der Waals surface area (Å²) in [4.78, 5) is 0. The molecule has 2 aromatic rings. The van der Waals surface area contributed by atoms with Gasteiger partial charge in [-0.1, -0.05) is 12.1 Å². The fourth-order valence-electron chi connectivity index (χ4n) is 2.33. The Balaban J connectivity index is 1.70. The van der Waals surface area contributed by atoms with Crippen LogP contribution in [0.2, 0.25) is 0 Å². The van der Waals surface area contributed by atoms with Gasteiger partial charge in [-0.05, 0) is 73.9 Å². The first-order chi connectivity index (χ1) is 12.4. The number of nitrogens with one attached hydrogen (secondary N) is 2. The Hall–Kier alpha value is -2.28. The molecule has 26 heavy (non-hydrogen) atoms. The normalized spacial score (nSPS) is 11.1. The Morgan fingerprint density at radius 1 is 1.04 bits per heavy atom. The second-order valence-corrected chi connectivity index (χ2v) is 6.04. The molecule has 140 valence electrons. The van der Waals surface area contributed by atoms with Gasteiger partial charge in [0.1, 0.15) is 5.75 Å². The van der Waals surface area contributed by atoms with Crippen LogP contribution < -0.4 is 15.4 Å². The van der Waals surface area contributed by atoms with Crippen molar-refractivity contribution in [3.63, 3.8) is 0 Å². The van der Waals surface area contributed by atoms with Crippen LogP contribution in [-0.2, 0) is 12.6 Å². The standard InChI is InChI=1S/C19H21F3N2OS/c1-2-25-17-11-5-14(6-12-17)4-3-13-23-18(26)24-16-9-7-15(8-10-16)19(20,21)22/h5-12H,2-4,13H2,1H3,(H2,23,24,26). The lowest BCUT2D eigenvalue weighted by Gasteiger charge is -2.12. The number of hydrogen-bond donors (Lipinski definition) is 2. The van der Waals surface area contributed by atoms with Crippen LogP contribution >= 0.6 is 12.2 Å². The van der Waals surface area contributed by atoms with E-state index in [0.717, 1.165) is 30.7 Å². The van der Waals surface area contributed by atoms with Crippen molar-refractivity contribution in [2.24, 2.45) is 0 Å². The van der Waals surface area contributed by atoms with Crippen molar-refractivity contribution in [3.8, 4) is 5.75 Å². The monoisotopic (exact) mass is 382 g/mol. The topological polar surface area (TPSA) is 33.3 Å². The van der Waals surface area contributed by atoms with Gasteiger partial charge < -0.3 is 15.4 Å². The molecule has 7 heteroatoms. The smallest absolute Gasteiger partial charge is 0.416 e. The third-order valence-corrected chi connectivity index (χ3v) is 3.88. The predicted molar refractivity (Wildman–Crippen MR) is 102 cm³/mol. The number of alkyl halides is 3. The fraction of sp³-hybridized carbons (Fsp3) is 0.316. The molecule has 0 fully saturated rings. The molecule has 0 aliphatic carbocycles. The van der Waals surface area contributed by atoms with Gasteiger partial charge in [0.2, 0.25) is 0 Å². The van der Waals surface area contributed by atoms with Gasteiger partial charge in [0.05, 0.1) is 12.2 Å². The lowest BCUT2D eigenvalue weighted by molar-refractivity contribution is -0.137. The third-order valence-electron chi connectivity index (χ3n) is 3.63. The van der Waals surface area contributed by atoms with Crippen molar-refractivity contribution in [2.75, 3.05) is 18.5 Å². The molecule has 0 saturated heterocycles. The molecular formula is C19H21F3N2OS. The minimum absolute atomic E-state index is 0.386. The highest BCUT2D eigenvalue weighted by atomic mass is 32.1. The van der Waals surface area contributed by atoms with Crippen LogP contribution in [0.4, 0.5) is 18.9 Å². The van der Waals surface area contributed by atoms with Crippen molar-refractivity contribution < 1.29 is 17.9 Å². The summed E-state index contributed by atoms with van der Waals surface area (Å²) in [5.41, 5.74) is 1.04. The number of halogens is 3. The quantitative estimate of drug-likeness (QED) is 0.520. The van der Waals surface area contributed by atoms with Crippen molar-refractivity contribution in [1.82, 2.24) is 5.32 Å². The maximum Gasteiger partial charge on any atom is 0.416 e.